The lowest BCUT2D eigenvalue weighted by Gasteiger charge is -2.25. The predicted octanol–water partition coefficient (Wildman–Crippen LogP) is 22.0. The molecule has 0 heterocycles. The molecule has 2 atom stereocenters. The molecular weight excluding hydrogens is 1050 g/mol. The largest absolute Gasteiger partial charge is 0.477 e. The van der Waals surface area contributed by atoms with E-state index >= 15 is 0 Å². The number of hydrogen-bond acceptors (Lipinski definition) is 7. The molecule has 0 spiro atoms. The second-order valence-corrected chi connectivity index (χ2v) is 24.8. The van der Waals surface area contributed by atoms with Crippen LogP contribution in [0.25, 0.3) is 0 Å². The van der Waals surface area contributed by atoms with Crippen LogP contribution in [0, 0.1) is 0 Å². The Hall–Kier alpha value is -3.79. The molecule has 0 aliphatic rings. The number of esters is 2. The molecule has 0 amide bonds. The van der Waals surface area contributed by atoms with Crippen molar-refractivity contribution in [1.29, 1.82) is 0 Å². The highest BCUT2D eigenvalue weighted by molar-refractivity contribution is 5.71. The van der Waals surface area contributed by atoms with Gasteiger partial charge >= 0.3 is 17.9 Å². The summed E-state index contributed by atoms with van der Waals surface area (Å²) in [5, 5.41) is 9.75. The molecule has 0 radical (unpaired) electrons. The number of hydrogen-bond donors (Lipinski definition) is 1. The summed E-state index contributed by atoms with van der Waals surface area (Å²) < 4.78 is 23.0. The van der Waals surface area contributed by atoms with Gasteiger partial charge in [-0.05, 0) is 96.3 Å². The van der Waals surface area contributed by atoms with Crippen LogP contribution in [0.4, 0.5) is 0 Å². The monoisotopic (exact) mass is 1190 g/mol. The number of carbonyl (C=O) groups is 3. The van der Waals surface area contributed by atoms with Crippen LogP contribution in [0.5, 0.6) is 0 Å². The molecule has 0 aromatic carbocycles. The molecule has 85 heavy (non-hydrogen) atoms. The number of ether oxygens (including phenoxy) is 4. The van der Waals surface area contributed by atoms with Crippen LogP contribution < -0.4 is 0 Å². The summed E-state index contributed by atoms with van der Waals surface area (Å²) in [6.45, 7) is 4.78. The quantitative estimate of drug-likeness (QED) is 0.0211. The van der Waals surface area contributed by atoms with Gasteiger partial charge in [0, 0.05) is 12.8 Å². The predicted molar refractivity (Wildman–Crippen MR) is 364 cm³/mol. The fourth-order valence-corrected chi connectivity index (χ4v) is 9.93. The first-order valence-corrected chi connectivity index (χ1v) is 35.4. The molecule has 9 nitrogen and oxygen atoms in total. The SMILES string of the molecule is CC/C=C\C/C=C\C/C=C\C/C=C\C/C=C\CCCCCCCCCCCCCCCCCCCCCC(=O)OC(COC(=O)CCCCCCCCCCCC/C=C\C/C=C\C/C=C\CCCCCCC)COC(OCC[N+](C)(C)C)C(=O)O. The van der Waals surface area contributed by atoms with E-state index in [0.29, 0.717) is 17.4 Å². The van der Waals surface area contributed by atoms with Gasteiger partial charge < -0.3 is 28.5 Å². The maximum atomic E-state index is 13.0. The molecule has 0 saturated heterocycles. The Balaban J connectivity index is 4.09. The van der Waals surface area contributed by atoms with Crippen LogP contribution in [0.1, 0.15) is 309 Å². The van der Waals surface area contributed by atoms with Gasteiger partial charge in [0.15, 0.2) is 6.10 Å². The molecule has 0 aliphatic carbocycles. The molecule has 0 saturated carbocycles. The number of carbonyl (C=O) groups excluding carboxylic acids is 2. The lowest BCUT2D eigenvalue weighted by Crippen LogP contribution is -2.40. The van der Waals surface area contributed by atoms with Crippen molar-refractivity contribution < 1.29 is 42.9 Å². The van der Waals surface area contributed by atoms with Gasteiger partial charge in [-0.1, -0.05) is 297 Å². The Bertz CT molecular complexity index is 1720. The first kappa shape index (κ1) is 81.2. The van der Waals surface area contributed by atoms with Gasteiger partial charge in [0.25, 0.3) is 6.29 Å². The van der Waals surface area contributed by atoms with E-state index in [9.17, 15) is 19.5 Å². The van der Waals surface area contributed by atoms with Crippen molar-refractivity contribution >= 4 is 17.9 Å². The maximum Gasteiger partial charge on any atom is 0.361 e. The Morgan fingerprint density at radius 1 is 0.365 bits per heavy atom. The van der Waals surface area contributed by atoms with Crippen LogP contribution in [-0.4, -0.2) is 87.4 Å². The van der Waals surface area contributed by atoms with E-state index in [1.165, 1.54) is 199 Å². The Morgan fingerprint density at radius 2 is 0.671 bits per heavy atom. The number of likely N-dealkylation sites (N-methyl/N-ethyl adjacent to an activating group) is 1. The van der Waals surface area contributed by atoms with E-state index in [-0.39, 0.29) is 32.2 Å². The number of rotatable bonds is 65. The fourth-order valence-electron chi connectivity index (χ4n) is 9.93. The van der Waals surface area contributed by atoms with Gasteiger partial charge in [-0.25, -0.2) is 4.79 Å². The normalized spacial score (nSPS) is 13.3. The average Bonchev–Trinajstić information content (AvgIpc) is 3.48. The molecule has 0 aromatic rings. The van der Waals surface area contributed by atoms with E-state index in [2.05, 4.69) is 111 Å². The van der Waals surface area contributed by atoms with Crippen molar-refractivity contribution in [3.63, 3.8) is 0 Å². The zero-order valence-electron chi connectivity index (χ0n) is 56.0. The number of unbranched alkanes of at least 4 members (excludes halogenated alkanes) is 34. The Kier molecular flexibility index (Phi) is 63.2. The van der Waals surface area contributed by atoms with E-state index < -0.39 is 24.3 Å². The minimum absolute atomic E-state index is 0.185. The molecular formula is C76H134NO8+. The summed E-state index contributed by atoms with van der Waals surface area (Å²) in [4.78, 5) is 37.6. The molecule has 9 heteroatoms. The number of nitrogens with zero attached hydrogens (tertiary/aromatic N) is 1. The van der Waals surface area contributed by atoms with Gasteiger partial charge in [0.2, 0.25) is 0 Å². The maximum absolute atomic E-state index is 13.0. The topological polar surface area (TPSA) is 108 Å². The molecule has 1 N–H and O–H groups in total. The Morgan fingerprint density at radius 3 is 1.00 bits per heavy atom. The highest BCUT2D eigenvalue weighted by Gasteiger charge is 2.25. The summed E-state index contributed by atoms with van der Waals surface area (Å²) in [5.41, 5.74) is 0. The number of allylic oxidation sites excluding steroid dienone is 16. The second kappa shape index (κ2) is 66.2. The highest BCUT2D eigenvalue weighted by atomic mass is 16.7. The van der Waals surface area contributed by atoms with E-state index in [1.54, 1.807) is 0 Å². The zero-order chi connectivity index (χ0) is 61.9. The summed E-state index contributed by atoms with van der Waals surface area (Å²) in [7, 11) is 5.98. The lowest BCUT2D eigenvalue weighted by molar-refractivity contribution is -0.870. The van der Waals surface area contributed by atoms with Crippen LogP contribution in [0.3, 0.4) is 0 Å². The molecule has 2 unspecified atom stereocenters. The van der Waals surface area contributed by atoms with Crippen molar-refractivity contribution in [2.75, 3.05) is 47.5 Å². The van der Waals surface area contributed by atoms with Crippen molar-refractivity contribution in [2.45, 2.75) is 322 Å². The first-order chi connectivity index (χ1) is 41.6. The van der Waals surface area contributed by atoms with Crippen molar-refractivity contribution in [1.82, 2.24) is 0 Å². The van der Waals surface area contributed by atoms with Gasteiger partial charge in [0.05, 0.1) is 34.4 Å². The Labute approximate surface area is 524 Å². The lowest BCUT2D eigenvalue weighted by atomic mass is 10.0. The van der Waals surface area contributed by atoms with Crippen LogP contribution >= 0.6 is 0 Å². The third-order valence-corrected chi connectivity index (χ3v) is 15.3. The van der Waals surface area contributed by atoms with Crippen LogP contribution in [0.2, 0.25) is 0 Å². The van der Waals surface area contributed by atoms with Gasteiger partial charge in [-0.15, -0.1) is 0 Å². The molecule has 0 aromatic heterocycles. The number of carboxylic acid groups (broad SMARTS) is 1. The zero-order valence-corrected chi connectivity index (χ0v) is 56.0. The molecule has 0 bridgehead atoms. The highest BCUT2D eigenvalue weighted by Crippen LogP contribution is 2.18. The third-order valence-electron chi connectivity index (χ3n) is 15.3. The van der Waals surface area contributed by atoms with E-state index in [0.717, 1.165) is 83.5 Å². The van der Waals surface area contributed by atoms with Gasteiger partial charge in [-0.3, -0.25) is 9.59 Å². The summed E-state index contributed by atoms with van der Waals surface area (Å²) >= 11 is 0. The average molecular weight is 1190 g/mol. The van der Waals surface area contributed by atoms with Gasteiger partial charge in [-0.2, -0.15) is 0 Å². The summed E-state index contributed by atoms with van der Waals surface area (Å²) in [6, 6.07) is 0. The van der Waals surface area contributed by atoms with E-state index in [1.807, 2.05) is 21.1 Å². The van der Waals surface area contributed by atoms with Crippen molar-refractivity contribution in [2.24, 2.45) is 0 Å². The molecule has 490 valence electrons. The van der Waals surface area contributed by atoms with Crippen LogP contribution in [0.15, 0.2) is 97.2 Å². The summed E-state index contributed by atoms with van der Waals surface area (Å²) in [6.07, 6.45) is 88.0. The minimum Gasteiger partial charge on any atom is -0.477 e. The number of quaternary nitrogens is 1. The molecule has 0 fully saturated rings. The third kappa shape index (κ3) is 67.6. The first-order valence-electron chi connectivity index (χ1n) is 35.4. The second-order valence-electron chi connectivity index (χ2n) is 24.8. The van der Waals surface area contributed by atoms with Crippen molar-refractivity contribution in [3.8, 4) is 0 Å². The summed E-state index contributed by atoms with van der Waals surface area (Å²) in [5.74, 6) is -2.00. The van der Waals surface area contributed by atoms with Crippen LogP contribution in [-0.2, 0) is 33.3 Å². The molecule has 0 aliphatic heterocycles. The number of carboxylic acids is 1. The van der Waals surface area contributed by atoms with Crippen molar-refractivity contribution in [3.05, 3.63) is 97.2 Å². The smallest absolute Gasteiger partial charge is 0.361 e. The fraction of sp³-hybridized carbons (Fsp3) is 0.750. The van der Waals surface area contributed by atoms with E-state index in [4.69, 9.17) is 18.9 Å². The number of aliphatic carboxylic acids is 1. The van der Waals surface area contributed by atoms with Gasteiger partial charge in [0.1, 0.15) is 13.2 Å². The molecule has 0 rings (SSSR count). The minimum atomic E-state index is -1.51. The standard InChI is InChI=1S/C76H133NO8/c1-6-8-10-12-14-16-18-20-22-24-26-28-30-32-33-34-35-36-37-38-39-40-41-43-45-47-49-51-53-55-57-59-61-63-65-67-74(79)85-72(71-84-76(75(80)81)82-69-68-77(3,4)5)70-83-73(78)66-64-62-60-58-56-54-52-50-48-46-44-42-31-29-27-25-23-21-19-17-15-13-11-9-7-2/h8,10,14,16,19-22,25-28,31-33,42,72,76H,6-7,9,11-13,15,17-18,23-24,29-30,34-41,43-71H2,1-5H3/p+1/b10-8-,16-14-,21-19-,22-20-,27-25-,28-26-,33-32-,42-31-.